The molecule has 4 nitrogen and oxygen atoms in total. The van der Waals surface area contributed by atoms with E-state index in [2.05, 4.69) is 0 Å². The minimum Gasteiger partial charge on any atom is -0.324 e. The Balaban J connectivity index is 2.18. The maximum absolute atomic E-state index is 11.8. The van der Waals surface area contributed by atoms with Gasteiger partial charge in [0.25, 0.3) is 0 Å². The third-order valence-corrected chi connectivity index (χ3v) is 2.92. The Kier molecular flexibility index (Phi) is 2.21. The van der Waals surface area contributed by atoms with Crippen molar-refractivity contribution in [2.45, 2.75) is 32.7 Å². The molecule has 0 aromatic rings. The Labute approximate surface area is 83.9 Å². The van der Waals surface area contributed by atoms with Gasteiger partial charge in [-0.25, -0.2) is 4.79 Å². The first-order valence-corrected chi connectivity index (χ1v) is 5.27. The van der Waals surface area contributed by atoms with E-state index in [1.807, 2.05) is 13.8 Å². The Hall–Kier alpha value is -1.06. The number of nitrogens with zero attached hydrogens (tertiary/aromatic N) is 2. The molecule has 1 saturated carbocycles. The Morgan fingerprint density at radius 1 is 1.36 bits per heavy atom. The molecule has 1 aliphatic carbocycles. The zero-order valence-electron chi connectivity index (χ0n) is 8.69. The van der Waals surface area contributed by atoms with Crippen LogP contribution in [0.4, 0.5) is 4.79 Å². The van der Waals surface area contributed by atoms with Crippen LogP contribution < -0.4 is 0 Å². The maximum atomic E-state index is 11.8. The molecule has 0 spiro atoms. The minimum absolute atomic E-state index is 0.0159. The van der Waals surface area contributed by atoms with Crippen molar-refractivity contribution < 1.29 is 9.59 Å². The van der Waals surface area contributed by atoms with Crippen molar-refractivity contribution in [2.75, 3.05) is 13.1 Å². The second kappa shape index (κ2) is 3.26. The van der Waals surface area contributed by atoms with Crippen LogP contribution in [-0.2, 0) is 4.79 Å². The smallest absolute Gasteiger partial charge is 0.324 e. The molecule has 1 saturated heterocycles. The van der Waals surface area contributed by atoms with Gasteiger partial charge in [-0.2, -0.15) is 0 Å². The zero-order valence-corrected chi connectivity index (χ0v) is 8.69. The van der Waals surface area contributed by atoms with Crippen LogP contribution in [0.15, 0.2) is 0 Å². The molecule has 1 unspecified atom stereocenters. The van der Waals surface area contributed by atoms with Crippen molar-refractivity contribution in [1.29, 1.82) is 0 Å². The topological polar surface area (TPSA) is 40.6 Å². The number of imide groups is 1. The molecule has 4 heteroatoms. The summed E-state index contributed by atoms with van der Waals surface area (Å²) in [5, 5.41) is 0. The van der Waals surface area contributed by atoms with Crippen LogP contribution >= 0.6 is 0 Å². The normalized spacial score (nSPS) is 28.6. The lowest BCUT2D eigenvalue weighted by Crippen LogP contribution is -2.56. The van der Waals surface area contributed by atoms with Crippen LogP contribution in [0.3, 0.4) is 0 Å². The molecule has 1 heterocycles. The number of carbonyl (C=O) groups is 2. The third kappa shape index (κ3) is 1.38. The van der Waals surface area contributed by atoms with Crippen molar-refractivity contribution in [3.63, 3.8) is 0 Å². The Bertz CT molecular complexity index is 273. The SMILES string of the molecule is CCN1CC(C)C(=O)N(C2CC2)C1=O. The highest BCUT2D eigenvalue weighted by atomic mass is 16.2. The van der Waals surface area contributed by atoms with Gasteiger partial charge in [-0.15, -0.1) is 0 Å². The van der Waals surface area contributed by atoms with Gasteiger partial charge in [-0.1, -0.05) is 6.92 Å². The molecule has 0 radical (unpaired) electrons. The summed E-state index contributed by atoms with van der Waals surface area (Å²) in [5.41, 5.74) is 0. The van der Waals surface area contributed by atoms with Crippen LogP contribution in [0.2, 0.25) is 0 Å². The summed E-state index contributed by atoms with van der Waals surface area (Å²) >= 11 is 0. The molecule has 1 atom stereocenters. The first-order valence-electron chi connectivity index (χ1n) is 5.27. The molecule has 78 valence electrons. The molecule has 0 aromatic heterocycles. The molecular weight excluding hydrogens is 180 g/mol. The van der Waals surface area contributed by atoms with Crippen molar-refractivity contribution in [2.24, 2.45) is 5.92 Å². The van der Waals surface area contributed by atoms with Gasteiger partial charge >= 0.3 is 6.03 Å². The number of hydrogen-bond donors (Lipinski definition) is 0. The van der Waals surface area contributed by atoms with Crippen LogP contribution in [0.5, 0.6) is 0 Å². The van der Waals surface area contributed by atoms with Crippen molar-refractivity contribution in [1.82, 2.24) is 9.80 Å². The van der Waals surface area contributed by atoms with E-state index in [1.165, 1.54) is 4.90 Å². The lowest BCUT2D eigenvalue weighted by molar-refractivity contribution is -0.135. The van der Waals surface area contributed by atoms with Gasteiger partial charge in [0.1, 0.15) is 0 Å². The summed E-state index contributed by atoms with van der Waals surface area (Å²) in [4.78, 5) is 26.8. The molecule has 0 bridgehead atoms. The minimum atomic E-state index is -0.0851. The van der Waals surface area contributed by atoms with Crippen LogP contribution in [0, 0.1) is 5.92 Å². The molecule has 0 N–H and O–H groups in total. The van der Waals surface area contributed by atoms with Crippen LogP contribution in [-0.4, -0.2) is 40.9 Å². The molecule has 2 rings (SSSR count). The Morgan fingerprint density at radius 2 is 2.00 bits per heavy atom. The van der Waals surface area contributed by atoms with E-state index in [0.29, 0.717) is 13.1 Å². The van der Waals surface area contributed by atoms with Gasteiger partial charge in [0.2, 0.25) is 5.91 Å². The molecule has 2 fully saturated rings. The quantitative estimate of drug-likeness (QED) is 0.662. The number of carbonyl (C=O) groups excluding carboxylic acids is 2. The highest BCUT2D eigenvalue weighted by Crippen LogP contribution is 2.31. The van der Waals surface area contributed by atoms with E-state index in [4.69, 9.17) is 0 Å². The third-order valence-electron chi connectivity index (χ3n) is 2.92. The van der Waals surface area contributed by atoms with Gasteiger partial charge in [0, 0.05) is 19.1 Å². The highest BCUT2D eigenvalue weighted by molar-refractivity contribution is 5.98. The van der Waals surface area contributed by atoms with E-state index in [1.54, 1.807) is 4.90 Å². The lowest BCUT2D eigenvalue weighted by atomic mass is 10.1. The van der Waals surface area contributed by atoms with Gasteiger partial charge in [-0.05, 0) is 19.8 Å². The monoisotopic (exact) mass is 196 g/mol. The predicted molar refractivity (Wildman–Crippen MR) is 51.7 cm³/mol. The number of rotatable bonds is 2. The first kappa shape index (κ1) is 9.49. The molecule has 0 aromatic carbocycles. The van der Waals surface area contributed by atoms with Crippen molar-refractivity contribution >= 4 is 11.9 Å². The number of hydrogen-bond acceptors (Lipinski definition) is 2. The summed E-state index contributed by atoms with van der Waals surface area (Å²) in [6, 6.07) is 0.116. The maximum Gasteiger partial charge on any atom is 0.326 e. The van der Waals surface area contributed by atoms with E-state index >= 15 is 0 Å². The Morgan fingerprint density at radius 3 is 2.50 bits per heavy atom. The molecule has 2 aliphatic rings. The van der Waals surface area contributed by atoms with E-state index in [0.717, 1.165) is 12.8 Å². The van der Waals surface area contributed by atoms with Crippen molar-refractivity contribution in [3.05, 3.63) is 0 Å². The van der Waals surface area contributed by atoms with Crippen LogP contribution in [0.25, 0.3) is 0 Å². The fraction of sp³-hybridized carbons (Fsp3) is 0.800. The van der Waals surface area contributed by atoms with Crippen LogP contribution in [0.1, 0.15) is 26.7 Å². The van der Waals surface area contributed by atoms with Gasteiger partial charge in [0.15, 0.2) is 0 Å². The average molecular weight is 196 g/mol. The van der Waals surface area contributed by atoms with Gasteiger partial charge in [-0.3, -0.25) is 9.69 Å². The first-order chi connectivity index (χ1) is 6.65. The molecule has 1 aliphatic heterocycles. The van der Waals surface area contributed by atoms with Gasteiger partial charge in [0.05, 0.1) is 5.92 Å². The zero-order chi connectivity index (χ0) is 10.3. The second-order valence-electron chi connectivity index (χ2n) is 4.16. The summed E-state index contributed by atoms with van der Waals surface area (Å²) in [5.74, 6) is -0.0181. The summed E-state index contributed by atoms with van der Waals surface area (Å²) in [6.45, 7) is 5.12. The summed E-state index contributed by atoms with van der Waals surface area (Å²) in [6.07, 6.45) is 1.98. The summed E-state index contributed by atoms with van der Waals surface area (Å²) in [7, 11) is 0. The molecule has 3 amide bonds. The molecule has 14 heavy (non-hydrogen) atoms. The second-order valence-corrected chi connectivity index (χ2v) is 4.16. The van der Waals surface area contributed by atoms with E-state index < -0.39 is 0 Å². The predicted octanol–water partition coefficient (Wildman–Crippen LogP) is 1.07. The largest absolute Gasteiger partial charge is 0.326 e. The molecular formula is C10H16N2O2. The van der Waals surface area contributed by atoms with Gasteiger partial charge < -0.3 is 4.90 Å². The lowest BCUT2D eigenvalue weighted by Gasteiger charge is -2.36. The van der Waals surface area contributed by atoms with E-state index in [9.17, 15) is 9.59 Å². The highest BCUT2D eigenvalue weighted by Gasteiger charge is 2.44. The fourth-order valence-electron chi connectivity index (χ4n) is 1.90. The number of amides is 3. The standard InChI is InChI=1S/C10H16N2O2/c1-3-11-6-7(2)9(13)12(10(11)14)8-4-5-8/h7-8H,3-6H2,1-2H3. The number of urea groups is 1. The average Bonchev–Trinajstić information content (AvgIpc) is 2.95. The summed E-state index contributed by atoms with van der Waals surface area (Å²) < 4.78 is 0. The fourth-order valence-corrected chi connectivity index (χ4v) is 1.90. The van der Waals surface area contributed by atoms with Crippen molar-refractivity contribution in [3.8, 4) is 0 Å². The van der Waals surface area contributed by atoms with E-state index in [-0.39, 0.29) is 23.9 Å².